The van der Waals surface area contributed by atoms with Gasteiger partial charge in [0.2, 0.25) is 5.89 Å². The number of anilines is 2. The van der Waals surface area contributed by atoms with Gasteiger partial charge >= 0.3 is 6.01 Å². The van der Waals surface area contributed by atoms with E-state index >= 15 is 0 Å². The highest BCUT2D eigenvalue weighted by molar-refractivity contribution is 9.10. The largest absolute Gasteiger partial charge is 0.406 e. The number of aromatic nitrogens is 2. The summed E-state index contributed by atoms with van der Waals surface area (Å²) in [5, 5.41) is 13.5. The van der Waals surface area contributed by atoms with Crippen LogP contribution in [0, 0.1) is 11.6 Å². The van der Waals surface area contributed by atoms with Gasteiger partial charge in [-0.25, -0.2) is 8.78 Å². The summed E-state index contributed by atoms with van der Waals surface area (Å²) in [5.41, 5.74) is 0.0424. The molecule has 0 radical (unpaired) electrons. The van der Waals surface area contributed by atoms with Gasteiger partial charge in [0.15, 0.2) is 5.82 Å². The Morgan fingerprint density at radius 2 is 2.10 bits per heavy atom. The first-order valence-electron chi connectivity index (χ1n) is 6.49. The highest BCUT2D eigenvalue weighted by atomic mass is 79.9. The van der Waals surface area contributed by atoms with Crippen molar-refractivity contribution in [1.29, 1.82) is 0 Å². The molecule has 0 saturated heterocycles. The lowest BCUT2D eigenvalue weighted by molar-refractivity contribution is 0.424. The molecule has 1 aromatic carbocycles. The van der Waals surface area contributed by atoms with E-state index in [1.807, 2.05) is 6.92 Å². The smallest absolute Gasteiger partial charge is 0.320 e. The molecule has 0 aliphatic rings. The summed E-state index contributed by atoms with van der Waals surface area (Å²) in [6.07, 6.45) is 0.983. The molecule has 5 nitrogen and oxygen atoms in total. The van der Waals surface area contributed by atoms with E-state index in [0.717, 1.165) is 25.1 Å². The van der Waals surface area contributed by atoms with Crippen LogP contribution < -0.4 is 10.6 Å². The molecule has 2 aromatic rings. The van der Waals surface area contributed by atoms with E-state index in [-0.39, 0.29) is 22.2 Å². The Bertz CT molecular complexity index is 597. The van der Waals surface area contributed by atoms with Crippen LogP contribution in [-0.4, -0.2) is 16.7 Å². The van der Waals surface area contributed by atoms with Crippen LogP contribution in [-0.2, 0) is 0 Å². The summed E-state index contributed by atoms with van der Waals surface area (Å²) in [6, 6.07) is 1.86. The summed E-state index contributed by atoms with van der Waals surface area (Å²) < 4.78 is 32.4. The maximum absolute atomic E-state index is 13.7. The highest BCUT2D eigenvalue weighted by Crippen LogP contribution is 2.29. The number of halogens is 3. The van der Waals surface area contributed by atoms with Gasteiger partial charge in [-0.15, -0.1) is 5.10 Å². The molecule has 1 aromatic heterocycles. The van der Waals surface area contributed by atoms with Crippen molar-refractivity contribution in [1.82, 2.24) is 15.5 Å². The third kappa shape index (κ3) is 3.98. The quantitative estimate of drug-likeness (QED) is 0.817. The van der Waals surface area contributed by atoms with Crippen molar-refractivity contribution in [3.63, 3.8) is 0 Å². The molecule has 8 heteroatoms. The lowest BCUT2D eigenvalue weighted by Crippen LogP contribution is -2.19. The van der Waals surface area contributed by atoms with Gasteiger partial charge in [0, 0.05) is 10.5 Å². The third-order valence-electron chi connectivity index (χ3n) is 2.75. The van der Waals surface area contributed by atoms with Gasteiger partial charge in [-0.2, -0.15) is 0 Å². The van der Waals surface area contributed by atoms with Gasteiger partial charge in [-0.3, -0.25) is 0 Å². The fraction of sp³-hybridized carbons (Fsp3) is 0.385. The van der Waals surface area contributed by atoms with Crippen LogP contribution in [0.25, 0.3) is 0 Å². The first kappa shape index (κ1) is 15.8. The van der Waals surface area contributed by atoms with Crippen molar-refractivity contribution in [2.24, 2.45) is 0 Å². The Morgan fingerprint density at radius 1 is 1.33 bits per heavy atom. The summed E-state index contributed by atoms with van der Waals surface area (Å²) in [4.78, 5) is 0. The number of nitrogens with zero attached hydrogens (tertiary/aromatic N) is 2. The fourth-order valence-electron chi connectivity index (χ4n) is 1.68. The number of rotatable bonds is 6. The van der Waals surface area contributed by atoms with Crippen molar-refractivity contribution in [2.45, 2.75) is 26.3 Å². The predicted molar refractivity (Wildman–Crippen MR) is 78.3 cm³/mol. The van der Waals surface area contributed by atoms with Crippen LogP contribution in [0.4, 0.5) is 20.5 Å². The molecule has 0 aliphatic carbocycles. The van der Waals surface area contributed by atoms with Crippen molar-refractivity contribution in [2.75, 3.05) is 11.9 Å². The normalized spacial score (nSPS) is 12.4. The van der Waals surface area contributed by atoms with Crippen molar-refractivity contribution in [3.8, 4) is 0 Å². The Hall–Kier alpha value is -1.54. The second kappa shape index (κ2) is 6.95. The van der Waals surface area contributed by atoms with E-state index in [0.29, 0.717) is 5.89 Å². The zero-order valence-corrected chi connectivity index (χ0v) is 13.2. The van der Waals surface area contributed by atoms with E-state index < -0.39 is 11.6 Å². The summed E-state index contributed by atoms with van der Waals surface area (Å²) >= 11 is 3.08. The Balaban J connectivity index is 2.13. The van der Waals surface area contributed by atoms with Crippen LogP contribution >= 0.6 is 15.9 Å². The van der Waals surface area contributed by atoms with E-state index in [1.165, 1.54) is 0 Å². The maximum Gasteiger partial charge on any atom is 0.320 e. The summed E-state index contributed by atoms with van der Waals surface area (Å²) in [5.74, 6) is -1.03. The van der Waals surface area contributed by atoms with Gasteiger partial charge in [0.05, 0.1) is 11.7 Å². The molecule has 1 heterocycles. The zero-order valence-electron chi connectivity index (χ0n) is 11.6. The molecule has 0 amide bonds. The number of hydrogen-bond donors (Lipinski definition) is 2. The molecule has 2 rings (SSSR count). The standard InChI is InChI=1S/C13H15BrF2N4O/c1-3-4-17-7(2)12-19-20-13(21-12)18-11-9(14)5-8(15)6-10(11)16/h5-7,17H,3-4H2,1-2H3,(H,18,20). The number of benzene rings is 1. The molecule has 1 unspecified atom stereocenters. The molecular weight excluding hydrogens is 346 g/mol. The molecule has 0 aliphatic heterocycles. The lowest BCUT2D eigenvalue weighted by Gasteiger charge is -2.08. The topological polar surface area (TPSA) is 63.0 Å². The van der Waals surface area contributed by atoms with Gasteiger partial charge < -0.3 is 15.1 Å². The van der Waals surface area contributed by atoms with Gasteiger partial charge in [-0.05, 0) is 41.9 Å². The highest BCUT2D eigenvalue weighted by Gasteiger charge is 2.16. The minimum atomic E-state index is -0.751. The van der Waals surface area contributed by atoms with Crippen LogP contribution in [0.5, 0.6) is 0 Å². The minimum Gasteiger partial charge on any atom is -0.406 e. The first-order chi connectivity index (χ1) is 10.0. The van der Waals surface area contributed by atoms with E-state index in [2.05, 4.69) is 43.7 Å². The number of nitrogens with one attached hydrogen (secondary N) is 2. The average molecular weight is 361 g/mol. The van der Waals surface area contributed by atoms with Crippen LogP contribution in [0.1, 0.15) is 32.2 Å². The van der Waals surface area contributed by atoms with Crippen molar-refractivity contribution >= 4 is 27.6 Å². The Labute approximate surface area is 129 Å². The van der Waals surface area contributed by atoms with Crippen molar-refractivity contribution in [3.05, 3.63) is 34.1 Å². The Kier molecular flexibility index (Phi) is 5.24. The third-order valence-corrected chi connectivity index (χ3v) is 3.38. The van der Waals surface area contributed by atoms with E-state index in [4.69, 9.17) is 4.42 Å². The monoisotopic (exact) mass is 360 g/mol. The molecule has 0 bridgehead atoms. The van der Waals surface area contributed by atoms with Crippen molar-refractivity contribution < 1.29 is 13.2 Å². The zero-order chi connectivity index (χ0) is 15.4. The molecule has 0 saturated carbocycles. The lowest BCUT2D eigenvalue weighted by atomic mass is 10.3. The van der Waals surface area contributed by atoms with Gasteiger partial charge in [0.25, 0.3) is 0 Å². The van der Waals surface area contributed by atoms with Gasteiger partial charge in [-0.1, -0.05) is 12.0 Å². The fourth-order valence-corrected chi connectivity index (χ4v) is 2.18. The summed E-state index contributed by atoms with van der Waals surface area (Å²) in [7, 11) is 0. The molecule has 1 atom stereocenters. The molecule has 21 heavy (non-hydrogen) atoms. The second-order valence-electron chi connectivity index (χ2n) is 4.49. The second-order valence-corrected chi connectivity index (χ2v) is 5.35. The molecule has 114 valence electrons. The number of hydrogen-bond acceptors (Lipinski definition) is 5. The molecular formula is C13H15BrF2N4O. The van der Waals surface area contributed by atoms with E-state index in [9.17, 15) is 8.78 Å². The molecule has 2 N–H and O–H groups in total. The molecule has 0 spiro atoms. The first-order valence-corrected chi connectivity index (χ1v) is 7.29. The predicted octanol–water partition coefficient (Wildman–Crippen LogP) is 3.91. The van der Waals surface area contributed by atoms with Crippen LogP contribution in [0.3, 0.4) is 0 Å². The van der Waals surface area contributed by atoms with Crippen LogP contribution in [0.15, 0.2) is 21.0 Å². The Morgan fingerprint density at radius 3 is 2.76 bits per heavy atom. The maximum atomic E-state index is 13.7. The summed E-state index contributed by atoms with van der Waals surface area (Å²) in [6.45, 7) is 4.77. The van der Waals surface area contributed by atoms with Crippen LogP contribution in [0.2, 0.25) is 0 Å². The average Bonchev–Trinajstić information content (AvgIpc) is 2.89. The molecule has 0 fully saturated rings. The SMILES string of the molecule is CCCNC(C)c1nnc(Nc2c(F)cc(F)cc2Br)o1. The minimum absolute atomic E-state index is 0.0424. The van der Waals surface area contributed by atoms with Gasteiger partial charge in [0.1, 0.15) is 5.82 Å². The van der Waals surface area contributed by atoms with E-state index in [1.54, 1.807) is 0 Å².